The Kier molecular flexibility index (Phi) is 5.25. The van der Waals surface area contributed by atoms with Crippen molar-refractivity contribution in [3.63, 3.8) is 0 Å². The summed E-state index contributed by atoms with van der Waals surface area (Å²) in [6, 6.07) is 9.39. The second-order valence-corrected chi connectivity index (χ2v) is 5.23. The third-order valence-electron chi connectivity index (χ3n) is 2.94. The number of rotatable bonds is 3. The van der Waals surface area contributed by atoms with Gasteiger partial charge in [-0.1, -0.05) is 17.7 Å². The van der Waals surface area contributed by atoms with Gasteiger partial charge in [-0.05, 0) is 55.9 Å². The summed E-state index contributed by atoms with van der Waals surface area (Å²) in [7, 11) is 0. The quantitative estimate of drug-likeness (QED) is 0.514. The number of aromatic nitrogens is 1. The van der Waals surface area contributed by atoms with Gasteiger partial charge in [0.1, 0.15) is 0 Å². The van der Waals surface area contributed by atoms with Crippen LogP contribution in [0.25, 0.3) is 0 Å². The Balaban J connectivity index is 2.01. The lowest BCUT2D eigenvalue weighted by atomic mass is 10.2. The van der Waals surface area contributed by atoms with Crippen molar-refractivity contribution in [2.75, 3.05) is 5.32 Å². The highest BCUT2D eigenvalue weighted by Gasteiger charge is 2.03. The molecule has 21 heavy (non-hydrogen) atoms. The number of benzene rings is 1. The number of hydrazone groups is 1. The molecule has 0 saturated carbocycles. The summed E-state index contributed by atoms with van der Waals surface area (Å²) in [5.41, 5.74) is 6.43. The maximum Gasteiger partial charge on any atom is 0.191 e. The highest BCUT2D eigenvalue weighted by molar-refractivity contribution is 7.80. The predicted octanol–water partition coefficient (Wildman–Crippen LogP) is 3.75. The number of hydrogen-bond donors (Lipinski definition) is 2. The molecule has 0 radical (unpaired) electrons. The summed E-state index contributed by atoms with van der Waals surface area (Å²) in [5, 5.41) is 8.42. The lowest BCUT2D eigenvalue weighted by molar-refractivity contribution is 1.04. The van der Waals surface area contributed by atoms with Gasteiger partial charge in [-0.2, -0.15) is 5.10 Å². The second kappa shape index (κ2) is 7.15. The number of hydrogen-bond acceptors (Lipinski definition) is 3. The van der Waals surface area contributed by atoms with Gasteiger partial charge in [0.05, 0.1) is 5.71 Å². The molecule has 0 aliphatic heterocycles. The average Bonchev–Trinajstić information content (AvgIpc) is 2.50. The monoisotopic (exact) mass is 318 g/mol. The maximum atomic E-state index is 6.07. The lowest BCUT2D eigenvalue weighted by Crippen LogP contribution is -2.25. The molecule has 0 unspecified atom stereocenters. The van der Waals surface area contributed by atoms with Crippen molar-refractivity contribution in [2.24, 2.45) is 5.10 Å². The highest BCUT2D eigenvalue weighted by Crippen LogP contribution is 2.22. The fraction of sp³-hybridized carbons (Fsp3) is 0.133. The van der Waals surface area contributed by atoms with Crippen LogP contribution in [0.15, 0.2) is 47.8 Å². The zero-order valence-electron chi connectivity index (χ0n) is 11.7. The van der Waals surface area contributed by atoms with Crippen molar-refractivity contribution in [1.29, 1.82) is 0 Å². The van der Waals surface area contributed by atoms with E-state index < -0.39 is 0 Å². The molecule has 4 nitrogen and oxygen atoms in total. The molecule has 0 spiro atoms. The first-order valence-electron chi connectivity index (χ1n) is 6.34. The van der Waals surface area contributed by atoms with Gasteiger partial charge in [0, 0.05) is 28.7 Å². The Hall–Kier alpha value is -1.98. The van der Waals surface area contributed by atoms with E-state index in [1.807, 2.05) is 44.2 Å². The van der Waals surface area contributed by atoms with E-state index in [0.717, 1.165) is 22.5 Å². The van der Waals surface area contributed by atoms with E-state index >= 15 is 0 Å². The number of nitrogens with zero attached hydrogens (tertiary/aromatic N) is 2. The minimum atomic E-state index is 0.411. The Bertz CT molecular complexity index is 671. The summed E-state index contributed by atoms with van der Waals surface area (Å²) in [6.07, 6.45) is 3.44. The Morgan fingerprint density at radius 1 is 1.24 bits per heavy atom. The molecule has 2 aromatic rings. The van der Waals surface area contributed by atoms with Crippen LogP contribution in [0.2, 0.25) is 5.02 Å². The predicted molar refractivity (Wildman–Crippen MR) is 92.0 cm³/mol. The van der Waals surface area contributed by atoms with E-state index in [1.165, 1.54) is 0 Å². The van der Waals surface area contributed by atoms with E-state index in [0.29, 0.717) is 10.1 Å². The number of anilines is 1. The van der Waals surface area contributed by atoms with Crippen molar-refractivity contribution in [3.8, 4) is 0 Å². The zero-order chi connectivity index (χ0) is 15.2. The van der Waals surface area contributed by atoms with Crippen LogP contribution in [-0.4, -0.2) is 15.8 Å². The highest BCUT2D eigenvalue weighted by atomic mass is 35.5. The molecular weight excluding hydrogens is 304 g/mol. The van der Waals surface area contributed by atoms with Gasteiger partial charge in [0.25, 0.3) is 0 Å². The summed E-state index contributed by atoms with van der Waals surface area (Å²) < 4.78 is 0. The molecule has 108 valence electrons. The van der Waals surface area contributed by atoms with E-state index in [1.54, 1.807) is 12.4 Å². The molecule has 1 heterocycles. The molecule has 0 aliphatic rings. The Labute approximate surface area is 134 Å². The largest absolute Gasteiger partial charge is 0.331 e. The topological polar surface area (TPSA) is 49.3 Å². The first-order chi connectivity index (χ1) is 10.1. The van der Waals surface area contributed by atoms with Crippen molar-refractivity contribution in [3.05, 3.63) is 58.9 Å². The first kappa shape index (κ1) is 15.4. The fourth-order valence-corrected chi connectivity index (χ4v) is 2.02. The molecule has 0 aliphatic carbocycles. The van der Waals surface area contributed by atoms with Gasteiger partial charge in [0.2, 0.25) is 0 Å². The van der Waals surface area contributed by atoms with Crippen molar-refractivity contribution in [2.45, 2.75) is 13.8 Å². The Morgan fingerprint density at radius 3 is 2.67 bits per heavy atom. The molecule has 2 rings (SSSR count). The standard InChI is InChI=1S/C15H15ClN4S/c1-10-13(16)4-3-5-14(10)18-15(21)20-19-11(2)12-6-8-17-9-7-12/h3-9H,1-2H3,(H2,18,20,21)/b19-11+. The van der Waals surface area contributed by atoms with Gasteiger partial charge < -0.3 is 5.32 Å². The Morgan fingerprint density at radius 2 is 1.95 bits per heavy atom. The van der Waals surface area contributed by atoms with Crippen LogP contribution in [0.5, 0.6) is 0 Å². The first-order valence-corrected chi connectivity index (χ1v) is 7.13. The zero-order valence-corrected chi connectivity index (χ0v) is 13.3. The molecule has 0 saturated heterocycles. The molecule has 6 heteroatoms. The van der Waals surface area contributed by atoms with Crippen molar-refractivity contribution in [1.82, 2.24) is 10.4 Å². The summed E-state index contributed by atoms with van der Waals surface area (Å²) in [5.74, 6) is 0. The smallest absolute Gasteiger partial charge is 0.191 e. The second-order valence-electron chi connectivity index (χ2n) is 4.41. The van der Waals surface area contributed by atoms with Crippen LogP contribution in [0.4, 0.5) is 5.69 Å². The van der Waals surface area contributed by atoms with Crippen LogP contribution >= 0.6 is 23.8 Å². The number of halogens is 1. The number of thiocarbonyl (C=S) groups is 1. The van der Waals surface area contributed by atoms with Gasteiger partial charge >= 0.3 is 0 Å². The molecule has 0 atom stereocenters. The number of nitrogens with one attached hydrogen (secondary N) is 2. The molecule has 1 aromatic carbocycles. The fourth-order valence-electron chi connectivity index (χ4n) is 1.69. The van der Waals surface area contributed by atoms with Gasteiger partial charge in [-0.15, -0.1) is 0 Å². The SMILES string of the molecule is C/C(=N\NC(=S)Nc1cccc(Cl)c1C)c1ccncc1. The molecule has 2 N–H and O–H groups in total. The molecule has 1 aromatic heterocycles. The van der Waals surface area contributed by atoms with Crippen LogP contribution in [0, 0.1) is 6.92 Å². The average molecular weight is 319 g/mol. The van der Waals surface area contributed by atoms with Gasteiger partial charge in [0.15, 0.2) is 5.11 Å². The number of pyridine rings is 1. The van der Waals surface area contributed by atoms with Crippen molar-refractivity contribution >= 4 is 40.3 Å². The molecular formula is C15H15ClN4S. The van der Waals surface area contributed by atoms with E-state index in [-0.39, 0.29) is 0 Å². The maximum absolute atomic E-state index is 6.07. The minimum absolute atomic E-state index is 0.411. The minimum Gasteiger partial charge on any atom is -0.331 e. The lowest BCUT2D eigenvalue weighted by Gasteiger charge is -2.11. The van der Waals surface area contributed by atoms with Gasteiger partial charge in [-0.3, -0.25) is 10.4 Å². The van der Waals surface area contributed by atoms with Crippen LogP contribution < -0.4 is 10.7 Å². The summed E-state index contributed by atoms with van der Waals surface area (Å²) in [6.45, 7) is 3.83. The van der Waals surface area contributed by atoms with E-state index in [2.05, 4.69) is 20.8 Å². The van der Waals surface area contributed by atoms with Crippen molar-refractivity contribution < 1.29 is 0 Å². The van der Waals surface area contributed by atoms with Gasteiger partial charge in [-0.25, -0.2) is 0 Å². The molecule has 0 fully saturated rings. The third kappa shape index (κ3) is 4.24. The molecule has 0 amide bonds. The van der Waals surface area contributed by atoms with Crippen LogP contribution in [0.3, 0.4) is 0 Å². The molecule has 0 bridgehead atoms. The van der Waals surface area contributed by atoms with E-state index in [4.69, 9.17) is 23.8 Å². The van der Waals surface area contributed by atoms with E-state index in [9.17, 15) is 0 Å². The third-order valence-corrected chi connectivity index (χ3v) is 3.54. The summed E-state index contributed by atoms with van der Waals surface area (Å²) in [4.78, 5) is 3.97. The normalized spacial score (nSPS) is 11.1. The van der Waals surface area contributed by atoms with Crippen LogP contribution in [-0.2, 0) is 0 Å². The summed E-state index contributed by atoms with van der Waals surface area (Å²) >= 11 is 11.3. The van der Waals surface area contributed by atoms with Crippen LogP contribution in [0.1, 0.15) is 18.1 Å².